The second-order valence-electron chi connectivity index (χ2n) is 6.39. The quantitative estimate of drug-likeness (QED) is 0.213. The van der Waals surface area contributed by atoms with Crippen LogP contribution in [0.15, 0.2) is 109 Å². The zero-order chi connectivity index (χ0) is 21.1. The minimum Gasteiger partial charge on any atom is -0.455 e. The number of hydrogen-bond acceptors (Lipinski definition) is 2. The van der Waals surface area contributed by atoms with Gasteiger partial charge in [-0.1, -0.05) is 42.5 Å². The molecule has 0 heterocycles. The summed E-state index contributed by atoms with van der Waals surface area (Å²) in [5.41, 5.74) is 3.02. The molecule has 0 radical (unpaired) electrons. The maximum absolute atomic E-state index is 6.23. The first-order valence-corrected chi connectivity index (χ1v) is 12.2. The lowest BCUT2D eigenvalue weighted by Crippen LogP contribution is -2.11. The molecule has 0 saturated heterocycles. The molecule has 4 aromatic carbocycles. The van der Waals surface area contributed by atoms with Gasteiger partial charge in [0, 0.05) is 20.7 Å². The van der Waals surface area contributed by atoms with Crippen molar-refractivity contribution in [1.29, 1.82) is 0 Å². The van der Waals surface area contributed by atoms with E-state index in [9.17, 15) is 0 Å². The Bertz CT molecular complexity index is 1180. The molecule has 2 nitrogen and oxygen atoms in total. The minimum atomic E-state index is 0.716. The van der Waals surface area contributed by atoms with E-state index in [4.69, 9.17) is 4.74 Å². The van der Waals surface area contributed by atoms with Crippen molar-refractivity contribution in [2.45, 2.75) is 0 Å². The summed E-state index contributed by atoms with van der Waals surface area (Å²) in [5.74, 6) is 1.46. The molecule has 6 heteroatoms. The maximum atomic E-state index is 6.23. The highest BCUT2D eigenvalue weighted by Gasteiger charge is 2.20. The number of hydrogen-bond donors (Lipinski definition) is 0. The third-order valence-electron chi connectivity index (χ3n) is 4.41. The average molecular weight is 653 g/mol. The summed E-state index contributed by atoms with van der Waals surface area (Å²) >= 11 is 14.7. The predicted octanol–water partition coefficient (Wildman–Crippen LogP) is 10.00. The summed E-state index contributed by atoms with van der Waals surface area (Å²) in [6, 6.07) is 30.2. The van der Waals surface area contributed by atoms with Crippen molar-refractivity contribution in [2.75, 3.05) is 4.90 Å². The molecule has 0 aliphatic rings. The Hall–Kier alpha value is -1.60. The van der Waals surface area contributed by atoms with Crippen molar-refractivity contribution >= 4 is 80.8 Å². The lowest BCUT2D eigenvalue weighted by Gasteiger charge is -2.28. The van der Waals surface area contributed by atoms with E-state index in [-0.39, 0.29) is 0 Å². The van der Waals surface area contributed by atoms with Crippen molar-refractivity contribution in [3.05, 3.63) is 109 Å². The number of rotatable bonds is 5. The van der Waals surface area contributed by atoms with Crippen LogP contribution in [-0.4, -0.2) is 0 Å². The van der Waals surface area contributed by atoms with Gasteiger partial charge < -0.3 is 9.64 Å². The molecule has 0 fully saturated rings. The van der Waals surface area contributed by atoms with Crippen LogP contribution < -0.4 is 9.64 Å². The molecule has 0 aromatic heterocycles. The van der Waals surface area contributed by atoms with Gasteiger partial charge in [-0.15, -0.1) is 0 Å². The van der Waals surface area contributed by atoms with E-state index in [1.807, 2.05) is 72.8 Å². The third kappa shape index (κ3) is 4.67. The van der Waals surface area contributed by atoms with Gasteiger partial charge in [0.25, 0.3) is 0 Å². The number of benzene rings is 4. The number of anilines is 3. The predicted molar refractivity (Wildman–Crippen MR) is 138 cm³/mol. The summed E-state index contributed by atoms with van der Waals surface area (Å²) in [6.07, 6.45) is 0. The van der Waals surface area contributed by atoms with Crippen LogP contribution in [0, 0.1) is 0 Å². The smallest absolute Gasteiger partial charge is 0.143 e. The standard InChI is InChI=1S/C24H15Br4NO/c25-17-10-4-6-12-21(17)29(16-8-2-1-3-9-16)22-15-24(20(28)14-19(22)27)30-23-13-7-5-11-18(23)26/h1-15H. The first-order chi connectivity index (χ1) is 14.5. The van der Waals surface area contributed by atoms with E-state index >= 15 is 0 Å². The van der Waals surface area contributed by atoms with Crippen molar-refractivity contribution < 1.29 is 4.74 Å². The molecule has 4 rings (SSSR count). The Morgan fingerprint density at radius 1 is 0.500 bits per heavy atom. The minimum absolute atomic E-state index is 0.716. The second kappa shape index (κ2) is 9.69. The lowest BCUT2D eigenvalue weighted by molar-refractivity contribution is 0.476. The van der Waals surface area contributed by atoms with Gasteiger partial charge >= 0.3 is 0 Å². The average Bonchev–Trinajstić information content (AvgIpc) is 2.75. The molecular formula is C24H15Br4NO. The number of para-hydroxylation sites is 3. The Balaban J connectivity index is 1.87. The lowest BCUT2D eigenvalue weighted by atomic mass is 10.2. The summed E-state index contributed by atoms with van der Waals surface area (Å²) < 4.78 is 9.92. The first-order valence-electron chi connectivity index (χ1n) is 9.06. The van der Waals surface area contributed by atoms with Crippen molar-refractivity contribution in [1.82, 2.24) is 0 Å². The zero-order valence-corrected chi connectivity index (χ0v) is 21.9. The van der Waals surface area contributed by atoms with Crippen LogP contribution >= 0.6 is 63.7 Å². The van der Waals surface area contributed by atoms with Gasteiger partial charge in [-0.05, 0) is 106 Å². The highest BCUT2D eigenvalue weighted by atomic mass is 79.9. The SMILES string of the molecule is Brc1ccccc1Oc1cc(N(c2ccccc2)c2ccccc2Br)c(Br)cc1Br. The largest absolute Gasteiger partial charge is 0.455 e. The van der Waals surface area contributed by atoms with Crippen LogP contribution in [0.1, 0.15) is 0 Å². The van der Waals surface area contributed by atoms with Crippen molar-refractivity contribution in [3.63, 3.8) is 0 Å². The Labute approximate surface area is 209 Å². The van der Waals surface area contributed by atoms with Crippen LogP contribution in [0.5, 0.6) is 11.5 Å². The number of halogens is 4. The van der Waals surface area contributed by atoms with Crippen molar-refractivity contribution in [3.8, 4) is 11.5 Å². The second-order valence-corrected chi connectivity index (χ2v) is 9.81. The summed E-state index contributed by atoms with van der Waals surface area (Å²) in [5, 5.41) is 0. The highest BCUT2D eigenvalue weighted by molar-refractivity contribution is 9.11. The Morgan fingerprint density at radius 3 is 1.83 bits per heavy atom. The van der Waals surface area contributed by atoms with E-state index < -0.39 is 0 Å². The molecule has 0 amide bonds. The van der Waals surface area contributed by atoms with Gasteiger partial charge in [-0.3, -0.25) is 0 Å². The van der Waals surface area contributed by atoms with Crippen LogP contribution in [0.4, 0.5) is 17.1 Å². The molecule has 30 heavy (non-hydrogen) atoms. The fourth-order valence-corrected chi connectivity index (χ4v) is 5.11. The van der Waals surface area contributed by atoms with Gasteiger partial charge in [-0.2, -0.15) is 0 Å². The van der Waals surface area contributed by atoms with E-state index in [2.05, 4.69) is 86.8 Å². The van der Waals surface area contributed by atoms with Gasteiger partial charge in [0.05, 0.1) is 20.3 Å². The molecule has 0 aliphatic carbocycles. The molecule has 4 aromatic rings. The molecular weight excluding hydrogens is 638 g/mol. The fraction of sp³-hybridized carbons (Fsp3) is 0. The normalized spacial score (nSPS) is 10.7. The van der Waals surface area contributed by atoms with E-state index in [0.717, 1.165) is 40.7 Å². The van der Waals surface area contributed by atoms with Gasteiger partial charge in [0.2, 0.25) is 0 Å². The van der Waals surface area contributed by atoms with E-state index in [1.54, 1.807) is 0 Å². The molecule has 0 saturated carbocycles. The van der Waals surface area contributed by atoms with Crippen LogP contribution in [-0.2, 0) is 0 Å². The molecule has 0 spiro atoms. The molecule has 0 bridgehead atoms. The van der Waals surface area contributed by atoms with Gasteiger partial charge in [0.15, 0.2) is 0 Å². The topological polar surface area (TPSA) is 12.5 Å². The van der Waals surface area contributed by atoms with Crippen LogP contribution in [0.3, 0.4) is 0 Å². The van der Waals surface area contributed by atoms with E-state index in [1.165, 1.54) is 0 Å². The Morgan fingerprint density at radius 2 is 1.13 bits per heavy atom. The highest BCUT2D eigenvalue weighted by Crippen LogP contribution is 2.46. The fourth-order valence-electron chi connectivity index (χ4n) is 3.03. The molecule has 0 atom stereocenters. The van der Waals surface area contributed by atoms with Gasteiger partial charge in [-0.25, -0.2) is 0 Å². The first kappa shape index (κ1) is 21.6. The maximum Gasteiger partial charge on any atom is 0.143 e. The summed E-state index contributed by atoms with van der Waals surface area (Å²) in [7, 11) is 0. The third-order valence-corrected chi connectivity index (χ3v) is 6.99. The van der Waals surface area contributed by atoms with Crippen LogP contribution in [0.2, 0.25) is 0 Å². The summed E-state index contributed by atoms with van der Waals surface area (Å²) in [6.45, 7) is 0. The Kier molecular flexibility index (Phi) is 6.98. The number of nitrogens with zero attached hydrogens (tertiary/aromatic N) is 1. The zero-order valence-electron chi connectivity index (χ0n) is 15.5. The van der Waals surface area contributed by atoms with Gasteiger partial charge in [0.1, 0.15) is 11.5 Å². The molecule has 0 unspecified atom stereocenters. The molecule has 0 N–H and O–H groups in total. The molecule has 0 aliphatic heterocycles. The van der Waals surface area contributed by atoms with Crippen LogP contribution in [0.25, 0.3) is 0 Å². The molecule has 150 valence electrons. The van der Waals surface area contributed by atoms with Crippen molar-refractivity contribution in [2.24, 2.45) is 0 Å². The van der Waals surface area contributed by atoms with E-state index in [0.29, 0.717) is 5.75 Å². The summed E-state index contributed by atoms with van der Waals surface area (Å²) in [4.78, 5) is 2.19. The number of ether oxygens (including phenoxy) is 1. The monoisotopic (exact) mass is 649 g/mol.